The number of hydrogen-bond acceptors (Lipinski definition) is 3. The van der Waals surface area contributed by atoms with Crippen molar-refractivity contribution in [2.75, 3.05) is 20.2 Å². The normalized spacial score (nSPS) is 17.9. The summed E-state index contributed by atoms with van der Waals surface area (Å²) in [6.07, 6.45) is 2.50. The number of methoxy groups -OCH3 is 1. The average Bonchev–Trinajstić information content (AvgIpc) is 2.46. The standard InChI is InChI=1S/C16H26N2O/c1-13(2)18-9-7-15(8-10-18)17-12-14-5-4-6-16(11-14)19-3/h4-6,11,13,15,17H,7-10,12H2,1-3H3. The van der Waals surface area contributed by atoms with Crippen LogP contribution in [0.2, 0.25) is 0 Å². The van der Waals surface area contributed by atoms with Crippen molar-refractivity contribution in [1.29, 1.82) is 0 Å². The number of hydrogen-bond donors (Lipinski definition) is 1. The van der Waals surface area contributed by atoms with Crippen LogP contribution in [0.5, 0.6) is 5.75 Å². The van der Waals surface area contributed by atoms with Crippen molar-refractivity contribution < 1.29 is 4.74 Å². The number of nitrogens with zero attached hydrogens (tertiary/aromatic N) is 1. The molecule has 0 amide bonds. The molecule has 0 saturated carbocycles. The van der Waals surface area contributed by atoms with E-state index in [1.54, 1.807) is 7.11 Å². The topological polar surface area (TPSA) is 24.5 Å². The van der Waals surface area contributed by atoms with E-state index in [0.717, 1.165) is 12.3 Å². The summed E-state index contributed by atoms with van der Waals surface area (Å²) >= 11 is 0. The van der Waals surface area contributed by atoms with Crippen LogP contribution in [0, 0.1) is 0 Å². The molecule has 1 fully saturated rings. The summed E-state index contributed by atoms with van der Waals surface area (Å²) in [6, 6.07) is 9.64. The van der Waals surface area contributed by atoms with Gasteiger partial charge in [0.25, 0.3) is 0 Å². The first-order valence-corrected chi connectivity index (χ1v) is 7.29. The molecule has 1 aromatic carbocycles. The zero-order valence-corrected chi connectivity index (χ0v) is 12.4. The molecule has 0 bridgehead atoms. The molecule has 2 rings (SSSR count). The summed E-state index contributed by atoms with van der Waals surface area (Å²) in [4.78, 5) is 2.56. The Kier molecular flexibility index (Phi) is 5.23. The summed E-state index contributed by atoms with van der Waals surface area (Å²) in [6.45, 7) is 7.93. The van der Waals surface area contributed by atoms with Crippen molar-refractivity contribution in [3.8, 4) is 5.75 Å². The van der Waals surface area contributed by atoms with Crippen LogP contribution >= 0.6 is 0 Å². The van der Waals surface area contributed by atoms with Crippen LogP contribution in [-0.2, 0) is 6.54 Å². The molecule has 106 valence electrons. The molecule has 0 spiro atoms. The van der Waals surface area contributed by atoms with Gasteiger partial charge in [0.15, 0.2) is 0 Å². The van der Waals surface area contributed by atoms with Crippen molar-refractivity contribution in [3.05, 3.63) is 29.8 Å². The molecule has 0 radical (unpaired) electrons. The van der Waals surface area contributed by atoms with Crippen molar-refractivity contribution in [1.82, 2.24) is 10.2 Å². The maximum Gasteiger partial charge on any atom is 0.119 e. The van der Waals surface area contributed by atoms with Gasteiger partial charge in [-0.1, -0.05) is 12.1 Å². The van der Waals surface area contributed by atoms with Gasteiger partial charge in [-0.25, -0.2) is 0 Å². The number of ether oxygens (including phenoxy) is 1. The summed E-state index contributed by atoms with van der Waals surface area (Å²) < 4.78 is 5.25. The van der Waals surface area contributed by atoms with Gasteiger partial charge in [-0.05, 0) is 57.5 Å². The Labute approximate surface area is 116 Å². The van der Waals surface area contributed by atoms with E-state index in [4.69, 9.17) is 4.74 Å². The van der Waals surface area contributed by atoms with Gasteiger partial charge < -0.3 is 15.0 Å². The van der Waals surface area contributed by atoms with Crippen LogP contribution in [0.25, 0.3) is 0 Å². The zero-order chi connectivity index (χ0) is 13.7. The quantitative estimate of drug-likeness (QED) is 0.883. The highest BCUT2D eigenvalue weighted by Gasteiger charge is 2.20. The van der Waals surface area contributed by atoms with Crippen LogP contribution in [0.3, 0.4) is 0 Å². The van der Waals surface area contributed by atoms with Crippen LogP contribution < -0.4 is 10.1 Å². The van der Waals surface area contributed by atoms with E-state index in [2.05, 4.69) is 42.3 Å². The second-order valence-corrected chi connectivity index (χ2v) is 5.64. The Morgan fingerprint density at radius 1 is 1.32 bits per heavy atom. The Morgan fingerprint density at radius 2 is 2.05 bits per heavy atom. The number of piperidine rings is 1. The lowest BCUT2D eigenvalue weighted by Crippen LogP contribution is -2.44. The molecular formula is C16H26N2O. The summed E-state index contributed by atoms with van der Waals surface area (Å²) in [5, 5.41) is 3.67. The fraction of sp³-hybridized carbons (Fsp3) is 0.625. The predicted octanol–water partition coefficient (Wildman–Crippen LogP) is 2.66. The van der Waals surface area contributed by atoms with Gasteiger partial charge in [0, 0.05) is 18.6 Å². The molecule has 0 unspecified atom stereocenters. The predicted molar refractivity (Wildman–Crippen MR) is 79.6 cm³/mol. The Bertz CT molecular complexity index is 384. The molecule has 3 heteroatoms. The van der Waals surface area contributed by atoms with Crippen molar-refractivity contribution in [3.63, 3.8) is 0 Å². The maximum atomic E-state index is 5.25. The van der Waals surface area contributed by atoms with Gasteiger partial charge in [-0.2, -0.15) is 0 Å². The molecule has 3 nitrogen and oxygen atoms in total. The van der Waals surface area contributed by atoms with Crippen LogP contribution in [0.1, 0.15) is 32.3 Å². The zero-order valence-electron chi connectivity index (χ0n) is 12.4. The number of benzene rings is 1. The van der Waals surface area contributed by atoms with Crippen molar-refractivity contribution in [2.45, 2.75) is 45.3 Å². The molecule has 1 heterocycles. The van der Waals surface area contributed by atoms with E-state index in [1.807, 2.05) is 6.07 Å². The highest BCUT2D eigenvalue weighted by atomic mass is 16.5. The fourth-order valence-corrected chi connectivity index (χ4v) is 2.66. The first-order chi connectivity index (χ1) is 9.19. The minimum Gasteiger partial charge on any atom is -0.497 e. The van der Waals surface area contributed by atoms with Crippen molar-refractivity contribution in [2.24, 2.45) is 0 Å². The SMILES string of the molecule is COc1cccc(CNC2CCN(C(C)C)CC2)c1. The lowest BCUT2D eigenvalue weighted by molar-refractivity contribution is 0.161. The Hall–Kier alpha value is -1.06. The minimum absolute atomic E-state index is 0.654. The van der Waals surface area contributed by atoms with Gasteiger partial charge in [-0.15, -0.1) is 0 Å². The van der Waals surface area contributed by atoms with Crippen LogP contribution in [0.4, 0.5) is 0 Å². The molecule has 1 aliphatic heterocycles. The van der Waals surface area contributed by atoms with Gasteiger partial charge in [0.2, 0.25) is 0 Å². The Balaban J connectivity index is 1.77. The third-order valence-corrected chi connectivity index (χ3v) is 3.99. The maximum absolute atomic E-state index is 5.25. The average molecular weight is 262 g/mol. The van der Waals surface area contributed by atoms with E-state index < -0.39 is 0 Å². The van der Waals surface area contributed by atoms with E-state index in [-0.39, 0.29) is 0 Å². The van der Waals surface area contributed by atoms with Crippen LogP contribution in [0.15, 0.2) is 24.3 Å². The van der Waals surface area contributed by atoms with E-state index in [0.29, 0.717) is 12.1 Å². The first kappa shape index (κ1) is 14.4. The molecule has 19 heavy (non-hydrogen) atoms. The molecule has 1 N–H and O–H groups in total. The van der Waals surface area contributed by atoms with Gasteiger partial charge in [-0.3, -0.25) is 0 Å². The first-order valence-electron chi connectivity index (χ1n) is 7.29. The largest absolute Gasteiger partial charge is 0.497 e. The van der Waals surface area contributed by atoms with Gasteiger partial charge in [0.05, 0.1) is 7.11 Å². The third-order valence-electron chi connectivity index (χ3n) is 3.99. The van der Waals surface area contributed by atoms with E-state index >= 15 is 0 Å². The molecule has 0 aliphatic carbocycles. The van der Waals surface area contributed by atoms with Crippen LogP contribution in [-0.4, -0.2) is 37.2 Å². The van der Waals surface area contributed by atoms with E-state index in [9.17, 15) is 0 Å². The highest BCUT2D eigenvalue weighted by Crippen LogP contribution is 2.15. The fourth-order valence-electron chi connectivity index (χ4n) is 2.66. The second kappa shape index (κ2) is 6.92. The van der Waals surface area contributed by atoms with Gasteiger partial charge >= 0.3 is 0 Å². The molecule has 0 aromatic heterocycles. The smallest absolute Gasteiger partial charge is 0.119 e. The summed E-state index contributed by atoms with van der Waals surface area (Å²) in [7, 11) is 1.72. The van der Waals surface area contributed by atoms with Crippen molar-refractivity contribution >= 4 is 0 Å². The molecule has 0 atom stereocenters. The third kappa shape index (κ3) is 4.22. The minimum atomic E-state index is 0.654. The van der Waals surface area contributed by atoms with Gasteiger partial charge in [0.1, 0.15) is 5.75 Å². The number of nitrogens with one attached hydrogen (secondary N) is 1. The number of likely N-dealkylation sites (tertiary alicyclic amines) is 1. The summed E-state index contributed by atoms with van der Waals surface area (Å²) in [5.74, 6) is 0.939. The highest BCUT2D eigenvalue weighted by molar-refractivity contribution is 5.28. The molecular weight excluding hydrogens is 236 g/mol. The molecule has 1 aromatic rings. The lowest BCUT2D eigenvalue weighted by atomic mass is 10.0. The molecule has 1 aliphatic rings. The Morgan fingerprint density at radius 3 is 2.68 bits per heavy atom. The summed E-state index contributed by atoms with van der Waals surface area (Å²) in [5.41, 5.74) is 1.30. The lowest BCUT2D eigenvalue weighted by Gasteiger charge is -2.35. The molecule has 1 saturated heterocycles. The number of rotatable bonds is 5. The monoisotopic (exact) mass is 262 g/mol. The second-order valence-electron chi connectivity index (χ2n) is 5.64. The van der Waals surface area contributed by atoms with E-state index in [1.165, 1.54) is 31.5 Å².